The highest BCUT2D eigenvalue weighted by Crippen LogP contribution is 2.18. The van der Waals surface area contributed by atoms with Gasteiger partial charge in [0.05, 0.1) is 0 Å². The van der Waals surface area contributed by atoms with Crippen LogP contribution in [0.4, 0.5) is 0 Å². The van der Waals surface area contributed by atoms with Gasteiger partial charge in [0, 0.05) is 19.3 Å². The fourth-order valence-corrected chi connectivity index (χ4v) is 10.3. The van der Waals surface area contributed by atoms with Crippen LogP contribution in [0.2, 0.25) is 0 Å². The first-order valence-electron chi connectivity index (χ1n) is 34.6. The van der Waals surface area contributed by atoms with Gasteiger partial charge < -0.3 is 14.2 Å². The van der Waals surface area contributed by atoms with Crippen molar-refractivity contribution in [2.24, 2.45) is 0 Å². The Morgan fingerprint density at radius 1 is 0.256 bits per heavy atom. The van der Waals surface area contributed by atoms with E-state index in [0.717, 1.165) is 83.5 Å². The first-order valence-corrected chi connectivity index (χ1v) is 34.6. The lowest BCUT2D eigenvalue weighted by molar-refractivity contribution is -0.167. The Morgan fingerprint density at radius 3 is 0.744 bits per heavy atom. The zero-order chi connectivity index (χ0) is 56.4. The molecule has 0 saturated heterocycles. The quantitative estimate of drug-likeness (QED) is 0.0261. The maximum absolute atomic E-state index is 12.9. The molecular weight excluding hydrogens is 961 g/mol. The Bertz CT molecular complexity index is 1350. The Hall–Kier alpha value is -2.63. The lowest BCUT2D eigenvalue weighted by atomic mass is 10.0. The number of carbonyl (C=O) groups excluding carboxylic acids is 3. The standard InChI is InChI=1S/C72H132O6/c1-4-7-10-13-16-19-22-25-27-29-31-33-35-37-38-40-42-44-47-50-53-56-59-62-65-71(74)77-68-69(67-76-70(73)64-61-58-55-52-49-46-24-21-18-15-12-9-6-3)78-72(75)66-63-60-57-54-51-48-45-43-41-39-36-34-32-30-28-26-23-20-17-14-11-8-5-2/h21,23-24,26,30,32,36,39,69H,4-20,22,25,27-29,31,33-35,37-38,40-68H2,1-3H3/b24-21-,26-23-,32-30-,39-36-. The summed E-state index contributed by atoms with van der Waals surface area (Å²) in [4.78, 5) is 38.4. The molecule has 1 atom stereocenters. The molecule has 456 valence electrons. The highest BCUT2D eigenvalue weighted by Gasteiger charge is 2.19. The van der Waals surface area contributed by atoms with Crippen LogP contribution in [-0.4, -0.2) is 37.2 Å². The molecule has 0 saturated carbocycles. The second-order valence-electron chi connectivity index (χ2n) is 23.4. The maximum Gasteiger partial charge on any atom is 0.306 e. The summed E-state index contributed by atoms with van der Waals surface area (Å²) < 4.78 is 17.0. The summed E-state index contributed by atoms with van der Waals surface area (Å²) in [5, 5.41) is 0. The molecule has 0 radical (unpaired) electrons. The van der Waals surface area contributed by atoms with E-state index in [1.54, 1.807) is 0 Å². The third kappa shape index (κ3) is 64.2. The summed E-state index contributed by atoms with van der Waals surface area (Å²) in [5.74, 6) is -0.868. The van der Waals surface area contributed by atoms with Crippen molar-refractivity contribution in [3.8, 4) is 0 Å². The molecule has 0 aromatic heterocycles. The van der Waals surface area contributed by atoms with E-state index in [4.69, 9.17) is 14.2 Å². The average molecular weight is 1090 g/mol. The predicted molar refractivity (Wildman–Crippen MR) is 339 cm³/mol. The Morgan fingerprint density at radius 2 is 0.462 bits per heavy atom. The van der Waals surface area contributed by atoms with Crippen LogP contribution in [0, 0.1) is 0 Å². The highest BCUT2D eigenvalue weighted by molar-refractivity contribution is 5.71. The molecule has 1 unspecified atom stereocenters. The second kappa shape index (κ2) is 66.9. The van der Waals surface area contributed by atoms with Crippen LogP contribution in [-0.2, 0) is 28.6 Å². The van der Waals surface area contributed by atoms with Crippen LogP contribution in [0.25, 0.3) is 0 Å². The number of rotatable bonds is 64. The van der Waals surface area contributed by atoms with Crippen molar-refractivity contribution in [2.75, 3.05) is 13.2 Å². The van der Waals surface area contributed by atoms with Gasteiger partial charge in [-0.3, -0.25) is 14.4 Å². The second-order valence-corrected chi connectivity index (χ2v) is 23.4. The Balaban J connectivity index is 4.27. The molecule has 0 fully saturated rings. The molecule has 0 aromatic rings. The van der Waals surface area contributed by atoms with Crippen molar-refractivity contribution in [1.82, 2.24) is 0 Å². The lowest BCUT2D eigenvalue weighted by Crippen LogP contribution is -2.30. The Labute approximate surface area is 486 Å². The Kier molecular flexibility index (Phi) is 64.6. The van der Waals surface area contributed by atoms with E-state index >= 15 is 0 Å². The van der Waals surface area contributed by atoms with Crippen molar-refractivity contribution in [1.29, 1.82) is 0 Å². The number of esters is 3. The summed E-state index contributed by atoms with van der Waals surface area (Å²) in [6.07, 6.45) is 84.2. The van der Waals surface area contributed by atoms with Crippen molar-refractivity contribution < 1.29 is 28.6 Å². The van der Waals surface area contributed by atoms with E-state index in [1.807, 2.05) is 0 Å². The number of allylic oxidation sites excluding steroid dienone is 8. The molecule has 6 heteroatoms. The van der Waals surface area contributed by atoms with Crippen molar-refractivity contribution >= 4 is 17.9 Å². The zero-order valence-corrected chi connectivity index (χ0v) is 52.5. The molecule has 0 amide bonds. The van der Waals surface area contributed by atoms with Gasteiger partial charge >= 0.3 is 17.9 Å². The average Bonchev–Trinajstić information content (AvgIpc) is 3.44. The monoisotopic (exact) mass is 1090 g/mol. The normalized spacial score (nSPS) is 12.3. The van der Waals surface area contributed by atoms with Crippen LogP contribution in [0.5, 0.6) is 0 Å². The minimum Gasteiger partial charge on any atom is -0.462 e. The van der Waals surface area contributed by atoms with E-state index in [0.29, 0.717) is 19.3 Å². The molecule has 0 N–H and O–H groups in total. The van der Waals surface area contributed by atoms with Gasteiger partial charge in [0.2, 0.25) is 0 Å². The summed E-state index contributed by atoms with van der Waals surface area (Å²) in [6.45, 7) is 6.66. The molecule has 0 rings (SSSR count). The fraction of sp³-hybridized carbons (Fsp3) is 0.847. The van der Waals surface area contributed by atoms with E-state index in [1.165, 1.54) is 250 Å². The number of carbonyl (C=O) groups is 3. The summed E-state index contributed by atoms with van der Waals surface area (Å²) in [6, 6.07) is 0. The number of hydrogen-bond acceptors (Lipinski definition) is 6. The smallest absolute Gasteiger partial charge is 0.306 e. The molecule has 0 aliphatic heterocycles. The molecular formula is C72H132O6. The third-order valence-corrected chi connectivity index (χ3v) is 15.6. The summed E-state index contributed by atoms with van der Waals surface area (Å²) >= 11 is 0. The van der Waals surface area contributed by atoms with Gasteiger partial charge in [-0.05, 0) is 83.5 Å². The third-order valence-electron chi connectivity index (χ3n) is 15.6. The summed E-state index contributed by atoms with van der Waals surface area (Å²) in [5.41, 5.74) is 0. The van der Waals surface area contributed by atoms with Gasteiger partial charge in [0.25, 0.3) is 0 Å². The van der Waals surface area contributed by atoms with E-state index in [-0.39, 0.29) is 31.1 Å². The van der Waals surface area contributed by atoms with Gasteiger partial charge in [-0.2, -0.15) is 0 Å². The molecule has 0 heterocycles. The number of ether oxygens (including phenoxy) is 3. The lowest BCUT2D eigenvalue weighted by Gasteiger charge is -2.18. The van der Waals surface area contributed by atoms with Gasteiger partial charge in [-0.25, -0.2) is 0 Å². The van der Waals surface area contributed by atoms with E-state index < -0.39 is 6.10 Å². The molecule has 0 aromatic carbocycles. The molecule has 78 heavy (non-hydrogen) atoms. The van der Waals surface area contributed by atoms with Crippen LogP contribution < -0.4 is 0 Å². The van der Waals surface area contributed by atoms with Crippen LogP contribution in [0.15, 0.2) is 48.6 Å². The fourth-order valence-electron chi connectivity index (χ4n) is 10.3. The minimum absolute atomic E-state index is 0.0749. The molecule has 0 aliphatic rings. The SMILES string of the molecule is CCCCCC/C=C\CCCCCCCC(=O)OCC(COC(=O)CCCCCCCCCCCCCCCCCCCCCCCCCC)OC(=O)CCCCCCCCCC/C=C\C/C=C\C/C=C\CCCCCCC. The van der Waals surface area contributed by atoms with Crippen molar-refractivity contribution in [3.63, 3.8) is 0 Å². The predicted octanol–water partition coefficient (Wildman–Crippen LogP) is 23.7. The largest absolute Gasteiger partial charge is 0.462 e. The number of unbranched alkanes of at least 4 members (excludes halogenated alkanes) is 45. The summed E-state index contributed by atoms with van der Waals surface area (Å²) in [7, 11) is 0. The van der Waals surface area contributed by atoms with Crippen LogP contribution >= 0.6 is 0 Å². The van der Waals surface area contributed by atoms with Gasteiger partial charge in [-0.15, -0.1) is 0 Å². The molecule has 0 aliphatic carbocycles. The molecule has 6 nitrogen and oxygen atoms in total. The van der Waals surface area contributed by atoms with Crippen LogP contribution in [0.3, 0.4) is 0 Å². The highest BCUT2D eigenvalue weighted by atomic mass is 16.6. The molecule has 0 bridgehead atoms. The van der Waals surface area contributed by atoms with Crippen molar-refractivity contribution in [2.45, 2.75) is 380 Å². The van der Waals surface area contributed by atoms with Gasteiger partial charge in [-0.1, -0.05) is 320 Å². The van der Waals surface area contributed by atoms with Crippen molar-refractivity contribution in [3.05, 3.63) is 48.6 Å². The minimum atomic E-state index is -0.780. The van der Waals surface area contributed by atoms with Gasteiger partial charge in [0.15, 0.2) is 6.10 Å². The topological polar surface area (TPSA) is 78.9 Å². The number of hydrogen-bond donors (Lipinski definition) is 0. The zero-order valence-electron chi connectivity index (χ0n) is 52.5. The van der Waals surface area contributed by atoms with E-state index in [9.17, 15) is 14.4 Å². The van der Waals surface area contributed by atoms with Gasteiger partial charge in [0.1, 0.15) is 13.2 Å². The maximum atomic E-state index is 12.9. The van der Waals surface area contributed by atoms with Crippen LogP contribution in [0.1, 0.15) is 374 Å². The van der Waals surface area contributed by atoms with E-state index in [2.05, 4.69) is 69.4 Å². The molecule has 0 spiro atoms. The first-order chi connectivity index (χ1) is 38.5. The first kappa shape index (κ1) is 75.4.